The number of rotatable bonds is 1. The number of nitrogens with one attached hydrogen (secondary N) is 2. The van der Waals surface area contributed by atoms with Gasteiger partial charge in [-0.15, -0.1) is 0 Å². The van der Waals surface area contributed by atoms with E-state index < -0.39 is 17.9 Å². The lowest BCUT2D eigenvalue weighted by Crippen LogP contribution is -2.01. The van der Waals surface area contributed by atoms with E-state index in [9.17, 15) is 13.6 Å². The first-order valence-electron chi connectivity index (χ1n) is 2.13. The van der Waals surface area contributed by atoms with E-state index in [0.717, 1.165) is 0 Å². The van der Waals surface area contributed by atoms with Crippen LogP contribution < -0.4 is 5.69 Å². The Bertz CT molecular complexity index is 239. The second-order valence-electron chi connectivity index (χ2n) is 1.36. The van der Waals surface area contributed by atoms with Crippen LogP contribution in [0.15, 0.2) is 4.79 Å². The summed E-state index contributed by atoms with van der Waals surface area (Å²) in [7, 11) is 0. The molecule has 0 bridgehead atoms. The average Bonchev–Trinajstić information content (AvgIpc) is 2.14. The van der Waals surface area contributed by atoms with Crippen LogP contribution in [-0.2, 0) is 0 Å². The zero-order valence-electron chi connectivity index (χ0n) is 4.19. The van der Waals surface area contributed by atoms with Crippen molar-refractivity contribution < 1.29 is 8.78 Å². The van der Waals surface area contributed by atoms with Gasteiger partial charge < -0.3 is 0 Å². The number of H-pyrrole nitrogens is 2. The highest BCUT2D eigenvalue weighted by Crippen LogP contribution is 2.09. The summed E-state index contributed by atoms with van der Waals surface area (Å²) >= 11 is 0. The summed E-state index contributed by atoms with van der Waals surface area (Å²) in [5.41, 5.74) is -0.717. The predicted molar refractivity (Wildman–Crippen MR) is 24.2 cm³/mol. The van der Waals surface area contributed by atoms with Gasteiger partial charge in [0, 0.05) is 0 Å². The summed E-state index contributed by atoms with van der Waals surface area (Å²) in [5, 5.41) is 4.78. The van der Waals surface area contributed by atoms with Crippen LogP contribution in [0.2, 0.25) is 0 Å². The van der Waals surface area contributed by atoms with E-state index in [0.29, 0.717) is 0 Å². The van der Waals surface area contributed by atoms with E-state index in [1.54, 1.807) is 4.98 Å². The highest BCUT2D eigenvalue weighted by molar-refractivity contribution is 4.80. The second kappa shape index (κ2) is 1.96. The summed E-state index contributed by atoms with van der Waals surface area (Å²) in [5.74, 6) is -0.625. The zero-order valence-corrected chi connectivity index (χ0v) is 4.19. The summed E-state index contributed by atoms with van der Waals surface area (Å²) in [6.07, 6.45) is -2.72. The van der Waals surface area contributed by atoms with Crippen molar-refractivity contribution in [3.05, 3.63) is 16.3 Å². The van der Waals surface area contributed by atoms with Crippen molar-refractivity contribution in [2.75, 3.05) is 0 Å². The van der Waals surface area contributed by atoms with Crippen molar-refractivity contribution in [2.45, 2.75) is 6.43 Å². The molecule has 0 aliphatic heterocycles. The maximum absolute atomic E-state index is 11.5. The van der Waals surface area contributed by atoms with Crippen LogP contribution in [0.3, 0.4) is 0 Å². The van der Waals surface area contributed by atoms with Gasteiger partial charge in [-0.1, -0.05) is 0 Å². The normalized spacial score (nSPS) is 10.6. The summed E-state index contributed by atoms with van der Waals surface area (Å²) in [6.45, 7) is 0. The van der Waals surface area contributed by atoms with Gasteiger partial charge >= 0.3 is 5.69 Å². The number of halogens is 2. The van der Waals surface area contributed by atoms with Gasteiger partial charge in [0.05, 0.1) is 0 Å². The average molecular weight is 135 g/mol. The summed E-state index contributed by atoms with van der Waals surface area (Å²) in [6, 6.07) is 0. The molecular weight excluding hydrogens is 132 g/mol. The number of nitrogens with zero attached hydrogens (tertiary/aromatic N) is 1. The monoisotopic (exact) mass is 135 g/mol. The molecule has 50 valence electrons. The third-order valence-corrected chi connectivity index (χ3v) is 0.726. The fourth-order valence-corrected chi connectivity index (χ4v) is 0.387. The first-order valence-corrected chi connectivity index (χ1v) is 2.13. The Balaban J connectivity index is 2.98. The van der Waals surface area contributed by atoms with E-state index in [2.05, 4.69) is 5.10 Å². The molecule has 0 saturated carbocycles. The first kappa shape index (κ1) is 5.93. The molecule has 0 saturated heterocycles. The maximum Gasteiger partial charge on any atom is 0.340 e. The van der Waals surface area contributed by atoms with Gasteiger partial charge in [0.1, 0.15) is 0 Å². The van der Waals surface area contributed by atoms with Crippen molar-refractivity contribution in [2.24, 2.45) is 0 Å². The molecule has 1 aromatic rings. The Morgan fingerprint density at radius 3 is 2.44 bits per heavy atom. The van der Waals surface area contributed by atoms with Crippen molar-refractivity contribution in [1.29, 1.82) is 0 Å². The topological polar surface area (TPSA) is 61.5 Å². The van der Waals surface area contributed by atoms with Gasteiger partial charge in [0.2, 0.25) is 0 Å². The fraction of sp³-hybridized carbons (Fsp3) is 0.333. The molecule has 0 fully saturated rings. The van der Waals surface area contributed by atoms with Crippen LogP contribution in [0.1, 0.15) is 12.2 Å². The van der Waals surface area contributed by atoms with Crippen molar-refractivity contribution in [3.63, 3.8) is 0 Å². The van der Waals surface area contributed by atoms with E-state index >= 15 is 0 Å². The van der Waals surface area contributed by atoms with Crippen LogP contribution in [0, 0.1) is 0 Å². The smallest absolute Gasteiger partial charge is 0.288 e. The molecule has 0 atom stereocenters. The number of aromatic amines is 2. The first-order chi connectivity index (χ1) is 4.20. The second-order valence-corrected chi connectivity index (χ2v) is 1.36. The van der Waals surface area contributed by atoms with Crippen LogP contribution >= 0.6 is 0 Å². The molecular formula is C3H3F2N3O. The van der Waals surface area contributed by atoms with Gasteiger partial charge in [0.15, 0.2) is 5.82 Å². The van der Waals surface area contributed by atoms with Crippen LogP contribution in [-0.4, -0.2) is 15.2 Å². The Kier molecular flexibility index (Phi) is 1.29. The molecule has 0 radical (unpaired) electrons. The van der Waals surface area contributed by atoms with Crippen LogP contribution in [0.5, 0.6) is 0 Å². The Morgan fingerprint density at radius 2 is 2.22 bits per heavy atom. The molecule has 0 aromatic carbocycles. The highest BCUT2D eigenvalue weighted by atomic mass is 19.3. The number of hydrogen-bond donors (Lipinski definition) is 2. The lowest BCUT2D eigenvalue weighted by atomic mass is 10.7. The van der Waals surface area contributed by atoms with Gasteiger partial charge in [-0.05, 0) is 0 Å². The minimum absolute atomic E-state index is 0.625. The lowest BCUT2D eigenvalue weighted by molar-refractivity contribution is 0.140. The molecule has 0 spiro atoms. The van der Waals surface area contributed by atoms with Gasteiger partial charge in [-0.25, -0.2) is 18.7 Å². The zero-order chi connectivity index (χ0) is 6.85. The fourth-order valence-electron chi connectivity index (χ4n) is 0.387. The third-order valence-electron chi connectivity index (χ3n) is 0.726. The van der Waals surface area contributed by atoms with E-state index in [1.807, 2.05) is 5.10 Å². The number of alkyl halides is 2. The Morgan fingerprint density at radius 1 is 1.56 bits per heavy atom. The van der Waals surface area contributed by atoms with E-state index in [4.69, 9.17) is 0 Å². The SMILES string of the molecule is O=c1[nH]nc(C(F)F)[nH]1. The molecule has 6 heteroatoms. The summed E-state index contributed by atoms with van der Waals surface area (Å²) < 4.78 is 23.1. The van der Waals surface area contributed by atoms with Crippen LogP contribution in [0.25, 0.3) is 0 Å². The maximum atomic E-state index is 11.5. The predicted octanol–water partition coefficient (Wildman–Crippen LogP) is 0.0356. The van der Waals surface area contributed by atoms with Gasteiger partial charge in [-0.3, -0.25) is 4.98 Å². The molecule has 1 rings (SSSR count). The molecule has 2 N–H and O–H groups in total. The van der Waals surface area contributed by atoms with Crippen molar-refractivity contribution in [3.8, 4) is 0 Å². The largest absolute Gasteiger partial charge is 0.340 e. The molecule has 0 aliphatic rings. The van der Waals surface area contributed by atoms with Gasteiger partial charge in [-0.2, -0.15) is 5.10 Å². The Labute approximate surface area is 47.9 Å². The summed E-state index contributed by atoms with van der Waals surface area (Å²) in [4.78, 5) is 11.9. The molecule has 1 heterocycles. The lowest BCUT2D eigenvalue weighted by Gasteiger charge is -1.85. The highest BCUT2D eigenvalue weighted by Gasteiger charge is 2.09. The molecule has 1 aromatic heterocycles. The number of hydrogen-bond acceptors (Lipinski definition) is 2. The van der Waals surface area contributed by atoms with Crippen molar-refractivity contribution in [1.82, 2.24) is 15.2 Å². The minimum atomic E-state index is -2.72. The molecule has 0 aliphatic carbocycles. The van der Waals surface area contributed by atoms with Crippen LogP contribution in [0.4, 0.5) is 8.78 Å². The third kappa shape index (κ3) is 1.13. The standard InChI is InChI=1S/C3H3F2N3O/c4-1(5)2-6-3(9)8-7-2/h1H,(H2,6,7,8,9). The molecule has 0 unspecified atom stereocenters. The molecule has 4 nitrogen and oxygen atoms in total. The van der Waals surface area contributed by atoms with Gasteiger partial charge in [0.25, 0.3) is 6.43 Å². The van der Waals surface area contributed by atoms with E-state index in [1.165, 1.54) is 0 Å². The van der Waals surface area contributed by atoms with E-state index in [-0.39, 0.29) is 0 Å². The molecule has 0 amide bonds. The number of aromatic nitrogens is 3. The van der Waals surface area contributed by atoms with Crippen molar-refractivity contribution >= 4 is 0 Å². The quantitative estimate of drug-likeness (QED) is 0.570. The Hall–Kier alpha value is -1.20. The minimum Gasteiger partial charge on any atom is -0.288 e. The molecule has 9 heavy (non-hydrogen) atoms.